The van der Waals surface area contributed by atoms with Crippen LogP contribution in [0.4, 0.5) is 0 Å². The molecule has 2 aromatic rings. The van der Waals surface area contributed by atoms with Crippen molar-refractivity contribution in [2.45, 2.75) is 20.1 Å². The summed E-state index contributed by atoms with van der Waals surface area (Å²) in [5.74, 6) is -0.700. The van der Waals surface area contributed by atoms with Gasteiger partial charge in [0.1, 0.15) is 0 Å². The van der Waals surface area contributed by atoms with E-state index < -0.39 is 21.2 Å². The predicted molar refractivity (Wildman–Crippen MR) is 95.5 cm³/mol. The number of ether oxygens (including phenoxy) is 1. The summed E-state index contributed by atoms with van der Waals surface area (Å²) >= 11 is 1.54. The van der Waals surface area contributed by atoms with Crippen LogP contribution >= 0.6 is 11.8 Å². The summed E-state index contributed by atoms with van der Waals surface area (Å²) in [5.41, 5.74) is 4.03. The number of carbonyl (C=O) groups excluding carboxylic acids is 1. The van der Waals surface area contributed by atoms with Gasteiger partial charge in [-0.25, -0.2) is 8.42 Å². The normalized spacial score (nSPS) is 16.8. The number of sulfone groups is 1. The molecule has 1 atom stereocenters. The smallest absolute Gasteiger partial charge is 0.248 e. The summed E-state index contributed by atoms with van der Waals surface area (Å²) < 4.78 is 30.5. The molecule has 128 valence electrons. The number of hydrogen-bond donors (Lipinski definition) is 1. The van der Waals surface area contributed by atoms with Crippen molar-refractivity contribution >= 4 is 27.5 Å². The molecule has 0 spiro atoms. The van der Waals surface area contributed by atoms with Gasteiger partial charge >= 0.3 is 0 Å². The third-order valence-electron chi connectivity index (χ3n) is 3.50. The number of hydrogen-bond acceptors (Lipinski definition) is 5. The van der Waals surface area contributed by atoms with Gasteiger partial charge < -0.3 is 10.5 Å². The quantitative estimate of drug-likeness (QED) is 0.871. The van der Waals surface area contributed by atoms with Crippen molar-refractivity contribution < 1.29 is 17.9 Å². The molecule has 0 saturated heterocycles. The summed E-state index contributed by atoms with van der Waals surface area (Å²) in [7, 11) is -3.78. The Morgan fingerprint density at radius 3 is 2.28 bits per heavy atom. The lowest BCUT2D eigenvalue weighted by atomic mass is 10.2. The molecule has 1 aliphatic rings. The molecule has 3 rings (SSSR count). The number of carbonyl (C=O) groups is 1. The lowest BCUT2D eigenvalue weighted by Crippen LogP contribution is -2.25. The van der Waals surface area contributed by atoms with Crippen molar-refractivity contribution in [3.05, 3.63) is 78.6 Å². The van der Waals surface area contributed by atoms with Crippen molar-refractivity contribution in [1.29, 1.82) is 0 Å². The Morgan fingerprint density at radius 1 is 1.00 bits per heavy atom. The van der Waals surface area contributed by atoms with Crippen LogP contribution < -0.4 is 5.73 Å². The lowest BCUT2D eigenvalue weighted by molar-refractivity contribution is -0.114. The van der Waals surface area contributed by atoms with Crippen molar-refractivity contribution in [1.82, 2.24) is 0 Å². The predicted octanol–water partition coefficient (Wildman–Crippen LogP) is 2.89. The summed E-state index contributed by atoms with van der Waals surface area (Å²) in [6.45, 7) is 0. The Labute approximate surface area is 150 Å². The Kier molecular flexibility index (Phi) is 4.96. The molecule has 0 aliphatic carbocycles. The number of primary amides is 1. The van der Waals surface area contributed by atoms with Crippen LogP contribution in [-0.2, 0) is 19.4 Å². The van der Waals surface area contributed by atoms with E-state index in [2.05, 4.69) is 0 Å². The summed E-state index contributed by atoms with van der Waals surface area (Å²) in [6.07, 6.45) is 3.72. The fourth-order valence-corrected chi connectivity index (χ4v) is 4.37. The Hall–Kier alpha value is -2.51. The molecule has 2 N–H and O–H groups in total. The molecule has 0 saturated carbocycles. The topological polar surface area (TPSA) is 86.5 Å². The number of rotatable bonds is 5. The maximum absolute atomic E-state index is 12.7. The van der Waals surface area contributed by atoms with Gasteiger partial charge in [-0.1, -0.05) is 30.0 Å². The minimum atomic E-state index is -3.78. The zero-order chi connectivity index (χ0) is 17.9. The van der Waals surface area contributed by atoms with E-state index in [9.17, 15) is 13.2 Å². The first-order valence-corrected chi connectivity index (χ1v) is 9.73. The number of nitrogens with two attached hydrogens (primary N) is 1. The zero-order valence-corrected chi connectivity index (χ0v) is 14.7. The first-order valence-electron chi connectivity index (χ1n) is 7.37. The fraction of sp³-hybridized carbons (Fsp3) is 0.0556. The molecule has 1 heterocycles. The largest absolute Gasteiger partial charge is 0.478 e. The van der Waals surface area contributed by atoms with E-state index in [1.807, 2.05) is 30.3 Å². The van der Waals surface area contributed by atoms with E-state index in [0.29, 0.717) is 0 Å². The Bertz CT molecular complexity index is 933. The summed E-state index contributed by atoms with van der Waals surface area (Å²) in [4.78, 5) is 13.3. The molecular formula is C18H15NO4S2. The van der Waals surface area contributed by atoms with Gasteiger partial charge in [0.25, 0.3) is 0 Å². The van der Waals surface area contributed by atoms with Crippen LogP contribution in [-0.4, -0.2) is 19.8 Å². The molecule has 1 unspecified atom stereocenters. The SMILES string of the molecule is NC(=O)C1=CC(S(=O)(=O)c2ccc(Sc3ccccc3)cc2)OC=C1. The second-order valence-corrected chi connectivity index (χ2v) is 8.40. The van der Waals surface area contributed by atoms with Crippen LogP contribution in [0.5, 0.6) is 0 Å². The van der Waals surface area contributed by atoms with E-state index in [0.717, 1.165) is 9.79 Å². The van der Waals surface area contributed by atoms with Gasteiger partial charge in [0.05, 0.1) is 11.2 Å². The van der Waals surface area contributed by atoms with E-state index in [4.69, 9.17) is 10.5 Å². The zero-order valence-electron chi connectivity index (χ0n) is 13.0. The van der Waals surface area contributed by atoms with E-state index in [-0.39, 0.29) is 10.5 Å². The van der Waals surface area contributed by atoms with E-state index >= 15 is 0 Å². The average molecular weight is 373 g/mol. The molecule has 1 aliphatic heterocycles. The molecule has 0 aromatic heterocycles. The van der Waals surface area contributed by atoms with E-state index in [1.54, 1.807) is 12.1 Å². The van der Waals surface area contributed by atoms with Crippen LogP contribution in [0.15, 0.2) is 93.3 Å². The van der Waals surface area contributed by atoms with Crippen molar-refractivity contribution in [3.8, 4) is 0 Å². The fourth-order valence-electron chi connectivity index (χ4n) is 2.21. The first-order chi connectivity index (χ1) is 12.0. The molecule has 25 heavy (non-hydrogen) atoms. The second kappa shape index (κ2) is 7.16. The van der Waals surface area contributed by atoms with Crippen LogP contribution in [0, 0.1) is 0 Å². The van der Waals surface area contributed by atoms with Crippen LogP contribution in [0.25, 0.3) is 0 Å². The van der Waals surface area contributed by atoms with Crippen molar-refractivity contribution in [3.63, 3.8) is 0 Å². The third kappa shape index (κ3) is 3.94. The average Bonchev–Trinajstić information content (AvgIpc) is 2.63. The van der Waals surface area contributed by atoms with Gasteiger partial charge in [-0.3, -0.25) is 4.79 Å². The van der Waals surface area contributed by atoms with Gasteiger partial charge in [-0.2, -0.15) is 0 Å². The Morgan fingerprint density at radius 2 is 1.64 bits per heavy atom. The highest BCUT2D eigenvalue weighted by atomic mass is 32.2. The first kappa shape index (κ1) is 17.3. The van der Waals surface area contributed by atoms with Gasteiger partial charge in [0.2, 0.25) is 21.2 Å². The maximum Gasteiger partial charge on any atom is 0.248 e. The molecule has 0 radical (unpaired) electrons. The molecule has 7 heteroatoms. The van der Waals surface area contributed by atoms with Gasteiger partial charge in [0.15, 0.2) is 0 Å². The lowest BCUT2D eigenvalue weighted by Gasteiger charge is -2.18. The minimum Gasteiger partial charge on any atom is -0.478 e. The van der Waals surface area contributed by atoms with Crippen LogP contribution in [0.1, 0.15) is 0 Å². The highest BCUT2D eigenvalue weighted by molar-refractivity contribution is 7.99. The molecule has 2 aromatic carbocycles. The van der Waals surface area contributed by atoms with Crippen LogP contribution in [0.2, 0.25) is 0 Å². The summed E-state index contributed by atoms with van der Waals surface area (Å²) in [6, 6.07) is 16.3. The maximum atomic E-state index is 12.7. The van der Waals surface area contributed by atoms with Crippen molar-refractivity contribution in [2.24, 2.45) is 5.73 Å². The Balaban J connectivity index is 1.81. The highest BCUT2D eigenvalue weighted by Crippen LogP contribution is 2.29. The molecule has 0 fully saturated rings. The molecule has 5 nitrogen and oxygen atoms in total. The monoisotopic (exact) mass is 373 g/mol. The highest BCUT2D eigenvalue weighted by Gasteiger charge is 2.29. The molecule has 1 amide bonds. The van der Waals surface area contributed by atoms with Gasteiger partial charge in [0, 0.05) is 15.4 Å². The summed E-state index contributed by atoms with van der Waals surface area (Å²) in [5, 5.41) is 0. The van der Waals surface area contributed by atoms with Crippen LogP contribution in [0.3, 0.4) is 0 Å². The molecule has 0 bridgehead atoms. The molecular weight excluding hydrogens is 358 g/mol. The van der Waals surface area contributed by atoms with E-state index in [1.165, 1.54) is 42.3 Å². The van der Waals surface area contributed by atoms with Gasteiger partial charge in [-0.05, 0) is 48.6 Å². The number of benzene rings is 2. The third-order valence-corrected chi connectivity index (χ3v) is 6.30. The van der Waals surface area contributed by atoms with Gasteiger partial charge in [-0.15, -0.1) is 0 Å². The number of amides is 1. The minimum absolute atomic E-state index is 0.107. The second-order valence-electron chi connectivity index (χ2n) is 5.23. The van der Waals surface area contributed by atoms with Crippen molar-refractivity contribution in [2.75, 3.05) is 0 Å². The standard InChI is InChI=1S/C18H15NO4S2/c19-18(20)13-10-11-23-17(12-13)25(21,22)16-8-6-15(7-9-16)24-14-4-2-1-3-5-14/h1-12,17H,(H2,19,20).